The van der Waals surface area contributed by atoms with Gasteiger partial charge in [0.15, 0.2) is 0 Å². The summed E-state index contributed by atoms with van der Waals surface area (Å²) in [7, 11) is 0. The van der Waals surface area contributed by atoms with Gasteiger partial charge in [0.1, 0.15) is 0 Å². The van der Waals surface area contributed by atoms with Gasteiger partial charge in [-0.15, -0.1) is 0 Å². The summed E-state index contributed by atoms with van der Waals surface area (Å²) < 4.78 is 2.84. The Balaban J connectivity index is 2.37. The van der Waals surface area contributed by atoms with E-state index < -0.39 is 0 Å². The molecule has 0 aromatic carbocycles. The molecule has 0 amide bonds. The van der Waals surface area contributed by atoms with E-state index in [1.54, 1.807) is 0 Å². The number of carbonyl (C=O) groups excluding carboxylic acids is 1. The fourth-order valence-electron chi connectivity index (χ4n) is 0.336. The Morgan fingerprint density at radius 1 is 1.83 bits per heavy atom. The highest BCUT2D eigenvalue weighted by atomic mass is 32.2. The third-order valence-electron chi connectivity index (χ3n) is 0.617. The van der Waals surface area contributed by atoms with Crippen molar-refractivity contribution in [3.8, 4) is 0 Å². The summed E-state index contributed by atoms with van der Waals surface area (Å²) in [5.74, 6) is 0. The van der Waals surface area contributed by atoms with Crippen LogP contribution in [0.25, 0.3) is 0 Å². The third-order valence-corrected chi connectivity index (χ3v) is 1.40. The Morgan fingerprint density at radius 2 is 2.67 bits per heavy atom. The Kier molecular flexibility index (Phi) is 1.12. The van der Waals surface area contributed by atoms with Crippen molar-refractivity contribution >= 4 is 17.1 Å². The zero-order valence-corrected chi connectivity index (χ0v) is 4.05. The van der Waals surface area contributed by atoms with Gasteiger partial charge >= 0.3 is 0 Å². The van der Waals surface area contributed by atoms with E-state index in [9.17, 15) is 4.79 Å². The van der Waals surface area contributed by atoms with Crippen LogP contribution in [0.4, 0.5) is 0 Å². The number of hydrogen-bond acceptors (Lipinski definition) is 3. The molecule has 1 aliphatic heterocycles. The second-order valence-electron chi connectivity index (χ2n) is 1.12. The Bertz CT molecular complexity index is 65.2. The number of rotatable bonds is 0. The van der Waals surface area contributed by atoms with Crippen LogP contribution >= 0.6 is 11.9 Å². The van der Waals surface area contributed by atoms with Crippen molar-refractivity contribution in [2.45, 2.75) is 6.42 Å². The standard InChI is InChI=1S/C3H5NOS/c5-3-1-2-4-6-3/h4H,1-2H2. The molecular weight excluding hydrogens is 98.1 g/mol. The van der Waals surface area contributed by atoms with Crippen molar-refractivity contribution in [1.29, 1.82) is 0 Å². The Hall–Kier alpha value is -0.0200. The number of carbonyl (C=O) groups is 1. The molecule has 0 saturated carbocycles. The van der Waals surface area contributed by atoms with E-state index >= 15 is 0 Å². The van der Waals surface area contributed by atoms with Gasteiger partial charge in [0, 0.05) is 13.0 Å². The lowest BCUT2D eigenvalue weighted by Crippen LogP contribution is -1.91. The van der Waals surface area contributed by atoms with Gasteiger partial charge < -0.3 is 0 Å². The first-order valence-electron chi connectivity index (χ1n) is 1.82. The van der Waals surface area contributed by atoms with Gasteiger partial charge in [-0.05, 0) is 11.9 Å². The second kappa shape index (κ2) is 1.62. The molecule has 1 heterocycles. The van der Waals surface area contributed by atoms with Crippen molar-refractivity contribution in [2.75, 3.05) is 6.54 Å². The predicted molar refractivity (Wildman–Crippen MR) is 25.2 cm³/mol. The van der Waals surface area contributed by atoms with E-state index in [0.29, 0.717) is 6.42 Å². The molecule has 0 spiro atoms. The largest absolute Gasteiger partial charge is 0.286 e. The highest BCUT2D eigenvalue weighted by molar-refractivity contribution is 8.12. The SMILES string of the molecule is O=C1CCNS1. The average Bonchev–Trinajstić information content (AvgIpc) is 1.86. The van der Waals surface area contributed by atoms with Gasteiger partial charge in [-0.2, -0.15) is 0 Å². The molecule has 3 heteroatoms. The maximum Gasteiger partial charge on any atom is 0.205 e. The van der Waals surface area contributed by atoms with Crippen LogP contribution < -0.4 is 4.72 Å². The van der Waals surface area contributed by atoms with E-state index in [-0.39, 0.29) is 5.12 Å². The molecule has 6 heavy (non-hydrogen) atoms. The first-order chi connectivity index (χ1) is 2.89. The lowest BCUT2D eigenvalue weighted by Gasteiger charge is -1.73. The second-order valence-corrected chi connectivity index (χ2v) is 2.07. The summed E-state index contributed by atoms with van der Waals surface area (Å²) in [5, 5.41) is 0.259. The van der Waals surface area contributed by atoms with E-state index in [4.69, 9.17) is 0 Å². The Labute approximate surface area is 40.4 Å². The fourth-order valence-corrected chi connectivity index (χ4v) is 0.905. The molecule has 1 rings (SSSR count). The summed E-state index contributed by atoms with van der Waals surface area (Å²) in [6.45, 7) is 0.851. The van der Waals surface area contributed by atoms with Crippen LogP contribution in [-0.2, 0) is 4.79 Å². The quantitative estimate of drug-likeness (QED) is 0.443. The van der Waals surface area contributed by atoms with E-state index in [1.807, 2.05) is 0 Å². The van der Waals surface area contributed by atoms with Crippen LogP contribution in [0.1, 0.15) is 6.42 Å². The molecule has 0 atom stereocenters. The minimum atomic E-state index is 0.259. The van der Waals surface area contributed by atoms with E-state index in [0.717, 1.165) is 6.54 Å². The van der Waals surface area contributed by atoms with Gasteiger partial charge in [0.05, 0.1) is 0 Å². The molecule has 1 N–H and O–H groups in total. The zero-order chi connectivity index (χ0) is 4.41. The van der Waals surface area contributed by atoms with Crippen molar-refractivity contribution in [3.63, 3.8) is 0 Å². The van der Waals surface area contributed by atoms with Gasteiger partial charge in [0.2, 0.25) is 5.12 Å². The van der Waals surface area contributed by atoms with Crippen molar-refractivity contribution in [3.05, 3.63) is 0 Å². The summed E-state index contributed by atoms with van der Waals surface area (Å²) in [5.41, 5.74) is 0. The van der Waals surface area contributed by atoms with Crippen molar-refractivity contribution in [2.24, 2.45) is 0 Å². The maximum absolute atomic E-state index is 10.1. The topological polar surface area (TPSA) is 29.1 Å². The van der Waals surface area contributed by atoms with Gasteiger partial charge in [0.25, 0.3) is 0 Å². The highest BCUT2D eigenvalue weighted by Crippen LogP contribution is 2.05. The Morgan fingerprint density at radius 3 is 2.83 bits per heavy atom. The van der Waals surface area contributed by atoms with Crippen LogP contribution in [0.5, 0.6) is 0 Å². The van der Waals surface area contributed by atoms with Crippen LogP contribution in [0.2, 0.25) is 0 Å². The molecule has 0 radical (unpaired) electrons. The van der Waals surface area contributed by atoms with E-state index in [1.165, 1.54) is 11.9 Å². The van der Waals surface area contributed by atoms with Crippen LogP contribution in [0.3, 0.4) is 0 Å². The molecule has 0 aromatic rings. The minimum absolute atomic E-state index is 0.259. The van der Waals surface area contributed by atoms with Crippen molar-refractivity contribution < 1.29 is 4.79 Å². The lowest BCUT2D eigenvalue weighted by molar-refractivity contribution is -0.110. The molecule has 2 nitrogen and oxygen atoms in total. The van der Waals surface area contributed by atoms with Crippen LogP contribution in [-0.4, -0.2) is 11.7 Å². The van der Waals surface area contributed by atoms with Crippen molar-refractivity contribution in [1.82, 2.24) is 4.72 Å². The van der Waals surface area contributed by atoms with Gasteiger partial charge in [-0.3, -0.25) is 9.52 Å². The fraction of sp³-hybridized carbons (Fsp3) is 0.667. The average molecular weight is 103 g/mol. The number of nitrogens with one attached hydrogen (secondary N) is 1. The summed E-state index contributed by atoms with van der Waals surface area (Å²) in [4.78, 5) is 10.1. The molecule has 0 aliphatic carbocycles. The third kappa shape index (κ3) is 0.725. The molecule has 34 valence electrons. The first-order valence-corrected chi connectivity index (χ1v) is 2.64. The first kappa shape index (κ1) is 4.15. The van der Waals surface area contributed by atoms with E-state index in [2.05, 4.69) is 4.72 Å². The zero-order valence-electron chi connectivity index (χ0n) is 3.23. The molecular formula is C3H5NOS. The molecule has 0 bridgehead atoms. The summed E-state index contributed by atoms with van der Waals surface area (Å²) in [6.07, 6.45) is 0.699. The molecule has 0 aromatic heterocycles. The molecule has 1 saturated heterocycles. The van der Waals surface area contributed by atoms with Crippen LogP contribution in [0, 0.1) is 0 Å². The molecule has 0 unspecified atom stereocenters. The minimum Gasteiger partial charge on any atom is -0.286 e. The normalized spacial score (nSPS) is 22.3. The molecule has 1 aliphatic rings. The van der Waals surface area contributed by atoms with Gasteiger partial charge in [-0.1, -0.05) is 0 Å². The lowest BCUT2D eigenvalue weighted by atomic mass is 10.5. The predicted octanol–water partition coefficient (Wildman–Crippen LogP) is 0.155. The van der Waals surface area contributed by atoms with Gasteiger partial charge in [-0.25, -0.2) is 0 Å². The van der Waals surface area contributed by atoms with Crippen LogP contribution in [0.15, 0.2) is 0 Å². The molecule has 1 fully saturated rings. The maximum atomic E-state index is 10.1. The highest BCUT2D eigenvalue weighted by Gasteiger charge is 2.07. The summed E-state index contributed by atoms with van der Waals surface area (Å²) in [6, 6.07) is 0. The monoisotopic (exact) mass is 103 g/mol. The summed E-state index contributed by atoms with van der Waals surface area (Å²) >= 11 is 1.21. The number of hydrogen-bond donors (Lipinski definition) is 1. The smallest absolute Gasteiger partial charge is 0.205 e.